The molecule has 3 aromatic rings. The molecule has 4 aliphatic carbocycles. The molecule has 4 bridgehead atoms. The zero-order valence-electron chi connectivity index (χ0n) is 20.9. The predicted octanol–water partition coefficient (Wildman–Crippen LogP) is 6.44. The summed E-state index contributed by atoms with van der Waals surface area (Å²) in [4.78, 5) is 22.5. The first kappa shape index (κ1) is 22.8. The van der Waals surface area contributed by atoms with Gasteiger partial charge in [-0.15, -0.1) is 0 Å². The molecule has 4 saturated carbocycles. The van der Waals surface area contributed by atoms with Gasteiger partial charge in [-0.05, 0) is 112 Å². The van der Waals surface area contributed by atoms with E-state index in [2.05, 4.69) is 25.9 Å². The molecule has 186 valence electrons. The summed E-state index contributed by atoms with van der Waals surface area (Å²) in [6.45, 7) is 1.94. The molecule has 4 fully saturated rings. The van der Waals surface area contributed by atoms with Gasteiger partial charge in [0.2, 0.25) is 11.9 Å². The van der Waals surface area contributed by atoms with Gasteiger partial charge in [0, 0.05) is 28.8 Å². The van der Waals surface area contributed by atoms with Gasteiger partial charge in [-0.2, -0.15) is 4.98 Å². The van der Waals surface area contributed by atoms with Crippen LogP contribution in [-0.2, 0) is 4.79 Å². The van der Waals surface area contributed by atoms with E-state index in [0.717, 1.165) is 65.5 Å². The van der Waals surface area contributed by atoms with E-state index in [-0.39, 0.29) is 11.3 Å². The number of aromatic nitrogens is 2. The largest absolute Gasteiger partial charge is 0.497 e. The fourth-order valence-electron chi connectivity index (χ4n) is 6.93. The average Bonchev–Trinajstić information content (AvgIpc) is 2.84. The van der Waals surface area contributed by atoms with Crippen molar-refractivity contribution in [1.82, 2.24) is 9.97 Å². The van der Waals surface area contributed by atoms with Crippen molar-refractivity contribution < 1.29 is 9.53 Å². The Kier molecular flexibility index (Phi) is 5.78. The molecule has 1 heterocycles. The molecule has 0 aliphatic heterocycles. The van der Waals surface area contributed by atoms with Crippen molar-refractivity contribution in [3.8, 4) is 5.75 Å². The summed E-state index contributed by atoms with van der Waals surface area (Å²) >= 11 is 0. The first-order valence-corrected chi connectivity index (χ1v) is 12.9. The molecule has 0 radical (unpaired) electrons. The molecule has 2 aromatic carbocycles. The number of amides is 1. The number of nitrogens with one attached hydrogen (secondary N) is 3. The maximum atomic E-state index is 13.3. The molecule has 1 aromatic heterocycles. The lowest BCUT2D eigenvalue weighted by molar-refractivity contribution is -0.140. The molecule has 0 saturated heterocycles. The number of hydrogen-bond acceptors (Lipinski definition) is 6. The normalized spacial score (nSPS) is 25.9. The van der Waals surface area contributed by atoms with Gasteiger partial charge >= 0.3 is 0 Å². The Morgan fingerprint density at radius 1 is 0.833 bits per heavy atom. The number of benzene rings is 2. The van der Waals surface area contributed by atoms with Gasteiger partial charge in [0.25, 0.3) is 0 Å². The summed E-state index contributed by atoms with van der Waals surface area (Å²) in [6, 6.07) is 17.4. The Hall–Kier alpha value is -3.61. The van der Waals surface area contributed by atoms with Crippen LogP contribution >= 0.6 is 0 Å². The van der Waals surface area contributed by atoms with E-state index in [1.807, 2.05) is 61.5 Å². The molecule has 1 amide bonds. The fraction of sp³-hybridized carbons (Fsp3) is 0.414. The lowest BCUT2D eigenvalue weighted by atomic mass is 9.49. The van der Waals surface area contributed by atoms with Crippen molar-refractivity contribution >= 4 is 34.7 Å². The highest BCUT2D eigenvalue weighted by atomic mass is 16.5. The van der Waals surface area contributed by atoms with Crippen LogP contribution < -0.4 is 20.7 Å². The van der Waals surface area contributed by atoms with Crippen molar-refractivity contribution in [2.45, 2.75) is 45.4 Å². The number of anilines is 5. The number of methoxy groups -OCH3 is 1. The van der Waals surface area contributed by atoms with Crippen molar-refractivity contribution in [3.05, 3.63) is 60.3 Å². The third-order valence-corrected chi connectivity index (χ3v) is 8.14. The number of carbonyl (C=O) groups excluding carboxylic acids is 1. The monoisotopic (exact) mass is 483 g/mol. The van der Waals surface area contributed by atoms with Gasteiger partial charge < -0.3 is 20.7 Å². The summed E-state index contributed by atoms with van der Waals surface area (Å²) in [5, 5.41) is 9.82. The van der Waals surface area contributed by atoms with E-state index < -0.39 is 0 Å². The van der Waals surface area contributed by atoms with Crippen LogP contribution in [0.2, 0.25) is 0 Å². The van der Waals surface area contributed by atoms with E-state index in [4.69, 9.17) is 4.74 Å². The minimum Gasteiger partial charge on any atom is -0.497 e. The van der Waals surface area contributed by atoms with Crippen LogP contribution in [0.25, 0.3) is 0 Å². The standard InChI is InChI=1S/C29H33N5O2/c1-18-11-26(31-22-7-9-25(36-2)10-8-22)34-28(30-18)33-24-5-3-23(4-6-24)32-27(35)29-15-19-12-20(16-29)14-21(13-19)17-29/h3-11,19-21H,12-17H2,1-2H3,(H,32,35)(H2,30,31,33,34). The molecule has 0 spiro atoms. The highest BCUT2D eigenvalue weighted by molar-refractivity contribution is 5.95. The molecular formula is C29H33N5O2. The smallest absolute Gasteiger partial charge is 0.230 e. The molecule has 0 unspecified atom stereocenters. The van der Waals surface area contributed by atoms with Crippen molar-refractivity contribution in [2.75, 3.05) is 23.1 Å². The van der Waals surface area contributed by atoms with E-state index in [0.29, 0.717) is 11.8 Å². The third kappa shape index (κ3) is 4.62. The molecule has 3 N–H and O–H groups in total. The van der Waals surface area contributed by atoms with Gasteiger partial charge in [-0.1, -0.05) is 0 Å². The molecular weight excluding hydrogens is 450 g/mol. The Balaban J connectivity index is 1.11. The quantitative estimate of drug-likeness (QED) is 0.359. The number of rotatable bonds is 7. The number of nitrogens with zero attached hydrogens (tertiary/aromatic N) is 2. The van der Waals surface area contributed by atoms with Crippen LogP contribution in [0.3, 0.4) is 0 Å². The summed E-state index contributed by atoms with van der Waals surface area (Å²) in [5.74, 6) is 4.51. The van der Waals surface area contributed by atoms with Crippen LogP contribution in [0.1, 0.15) is 44.2 Å². The van der Waals surface area contributed by atoms with Crippen molar-refractivity contribution in [1.29, 1.82) is 0 Å². The maximum absolute atomic E-state index is 13.3. The number of carbonyl (C=O) groups is 1. The molecule has 7 rings (SSSR count). The number of hydrogen-bond donors (Lipinski definition) is 3. The summed E-state index contributed by atoms with van der Waals surface area (Å²) in [6.07, 6.45) is 7.23. The Morgan fingerprint density at radius 3 is 2.00 bits per heavy atom. The van der Waals surface area contributed by atoms with E-state index >= 15 is 0 Å². The third-order valence-electron chi connectivity index (χ3n) is 8.14. The second-order valence-electron chi connectivity index (χ2n) is 10.9. The van der Waals surface area contributed by atoms with Crippen LogP contribution in [0.5, 0.6) is 5.75 Å². The minimum absolute atomic E-state index is 0.144. The second kappa shape index (κ2) is 9.12. The maximum Gasteiger partial charge on any atom is 0.230 e. The average molecular weight is 484 g/mol. The van der Waals surface area contributed by atoms with Crippen LogP contribution in [0, 0.1) is 30.1 Å². The summed E-state index contributed by atoms with van der Waals surface area (Å²) in [5.41, 5.74) is 3.33. The van der Waals surface area contributed by atoms with Gasteiger partial charge in [0.15, 0.2) is 0 Å². The first-order valence-electron chi connectivity index (χ1n) is 12.9. The van der Waals surface area contributed by atoms with Crippen LogP contribution in [-0.4, -0.2) is 23.0 Å². The molecule has 4 aliphatic rings. The molecule has 0 atom stereocenters. The predicted molar refractivity (Wildman–Crippen MR) is 142 cm³/mol. The van der Waals surface area contributed by atoms with E-state index in [1.54, 1.807) is 7.11 Å². The Labute approximate surface area is 212 Å². The second-order valence-corrected chi connectivity index (χ2v) is 10.9. The first-order chi connectivity index (χ1) is 17.5. The molecule has 7 nitrogen and oxygen atoms in total. The Morgan fingerprint density at radius 2 is 1.39 bits per heavy atom. The molecule has 7 heteroatoms. The van der Waals surface area contributed by atoms with Gasteiger partial charge in [-0.3, -0.25) is 4.79 Å². The van der Waals surface area contributed by atoms with Crippen LogP contribution in [0.15, 0.2) is 54.6 Å². The topological polar surface area (TPSA) is 88.2 Å². The fourth-order valence-corrected chi connectivity index (χ4v) is 6.93. The van der Waals surface area contributed by atoms with Gasteiger partial charge in [0.1, 0.15) is 11.6 Å². The van der Waals surface area contributed by atoms with Gasteiger partial charge in [-0.25, -0.2) is 4.98 Å². The van der Waals surface area contributed by atoms with Crippen LogP contribution in [0.4, 0.5) is 28.8 Å². The number of ether oxygens (including phenoxy) is 1. The van der Waals surface area contributed by atoms with E-state index in [9.17, 15) is 4.79 Å². The van der Waals surface area contributed by atoms with Crippen molar-refractivity contribution in [2.24, 2.45) is 23.2 Å². The Bertz CT molecular complexity index is 1220. The highest BCUT2D eigenvalue weighted by Gasteiger charge is 2.54. The lowest BCUT2D eigenvalue weighted by Gasteiger charge is -2.55. The van der Waals surface area contributed by atoms with Gasteiger partial charge in [0.05, 0.1) is 12.5 Å². The minimum atomic E-state index is -0.144. The zero-order valence-corrected chi connectivity index (χ0v) is 20.9. The summed E-state index contributed by atoms with van der Waals surface area (Å²) in [7, 11) is 1.65. The zero-order chi connectivity index (χ0) is 24.7. The SMILES string of the molecule is COc1ccc(Nc2cc(C)nc(Nc3ccc(NC(=O)C45CC6CC(CC(C6)C4)C5)cc3)n2)cc1. The van der Waals surface area contributed by atoms with Crippen molar-refractivity contribution in [3.63, 3.8) is 0 Å². The van der Waals surface area contributed by atoms with E-state index in [1.165, 1.54) is 19.3 Å². The number of aryl methyl sites for hydroxylation is 1. The highest BCUT2D eigenvalue weighted by Crippen LogP contribution is 2.60. The molecule has 36 heavy (non-hydrogen) atoms. The summed E-state index contributed by atoms with van der Waals surface area (Å²) < 4.78 is 5.22. The lowest BCUT2D eigenvalue weighted by Crippen LogP contribution is -2.51.